The SMILES string of the molecule is CC(C)n1cc(C(C#N)N(C)C)cn1. The molecule has 1 heterocycles. The number of nitrogens with zero attached hydrogens (tertiary/aromatic N) is 4. The van der Waals surface area contributed by atoms with Crippen LogP contribution in [0, 0.1) is 11.3 Å². The van der Waals surface area contributed by atoms with Gasteiger partial charge < -0.3 is 0 Å². The van der Waals surface area contributed by atoms with Crippen LogP contribution in [0.2, 0.25) is 0 Å². The first-order chi connectivity index (χ1) is 6.56. The minimum atomic E-state index is -0.206. The Kier molecular flexibility index (Phi) is 3.26. The first-order valence-corrected chi connectivity index (χ1v) is 4.66. The monoisotopic (exact) mass is 192 g/mol. The van der Waals surface area contributed by atoms with Gasteiger partial charge in [-0.15, -0.1) is 0 Å². The van der Waals surface area contributed by atoms with Crippen LogP contribution in [-0.4, -0.2) is 28.8 Å². The van der Waals surface area contributed by atoms with Crippen LogP contribution in [0.3, 0.4) is 0 Å². The summed E-state index contributed by atoms with van der Waals surface area (Å²) in [4.78, 5) is 1.88. The van der Waals surface area contributed by atoms with Gasteiger partial charge in [-0.2, -0.15) is 10.4 Å². The fraction of sp³-hybridized carbons (Fsp3) is 0.600. The van der Waals surface area contributed by atoms with Crippen molar-refractivity contribution in [1.82, 2.24) is 14.7 Å². The summed E-state index contributed by atoms with van der Waals surface area (Å²) in [5, 5.41) is 13.2. The summed E-state index contributed by atoms with van der Waals surface area (Å²) in [5.41, 5.74) is 0.950. The van der Waals surface area contributed by atoms with Crippen molar-refractivity contribution in [2.45, 2.75) is 25.9 Å². The van der Waals surface area contributed by atoms with Crippen LogP contribution in [0.1, 0.15) is 31.5 Å². The Morgan fingerprint density at radius 3 is 2.50 bits per heavy atom. The molecule has 0 aliphatic heterocycles. The molecule has 0 amide bonds. The summed E-state index contributed by atoms with van der Waals surface area (Å²) in [6.45, 7) is 4.13. The molecule has 0 aliphatic carbocycles. The van der Waals surface area contributed by atoms with Gasteiger partial charge in [-0.05, 0) is 27.9 Å². The van der Waals surface area contributed by atoms with Gasteiger partial charge in [0.2, 0.25) is 0 Å². The van der Waals surface area contributed by atoms with Crippen molar-refractivity contribution < 1.29 is 0 Å². The van der Waals surface area contributed by atoms with Crippen LogP contribution in [-0.2, 0) is 0 Å². The Balaban J connectivity index is 2.91. The number of hydrogen-bond acceptors (Lipinski definition) is 3. The van der Waals surface area contributed by atoms with Crippen LogP contribution < -0.4 is 0 Å². The number of nitriles is 1. The van der Waals surface area contributed by atoms with E-state index in [4.69, 9.17) is 5.26 Å². The number of rotatable bonds is 3. The largest absolute Gasteiger partial charge is 0.290 e. The molecule has 0 radical (unpaired) electrons. The quantitative estimate of drug-likeness (QED) is 0.730. The highest BCUT2D eigenvalue weighted by atomic mass is 15.3. The standard InChI is InChI=1S/C10H16N4/c1-8(2)14-7-9(6-12-14)10(5-11)13(3)4/h6-8,10H,1-4H3. The molecule has 1 aromatic rings. The highest BCUT2D eigenvalue weighted by Crippen LogP contribution is 2.17. The summed E-state index contributed by atoms with van der Waals surface area (Å²) in [6, 6.07) is 2.37. The average molecular weight is 192 g/mol. The molecule has 1 unspecified atom stereocenters. The van der Waals surface area contributed by atoms with Crippen molar-refractivity contribution >= 4 is 0 Å². The van der Waals surface area contributed by atoms with Crippen LogP contribution in [0.5, 0.6) is 0 Å². The Labute approximate surface area is 84.7 Å². The second-order valence-corrected chi connectivity index (χ2v) is 3.84. The predicted octanol–water partition coefficient (Wildman–Crippen LogP) is 1.59. The predicted molar refractivity (Wildman–Crippen MR) is 54.7 cm³/mol. The molecule has 1 atom stereocenters. The van der Waals surface area contributed by atoms with E-state index >= 15 is 0 Å². The van der Waals surface area contributed by atoms with E-state index in [-0.39, 0.29) is 6.04 Å². The molecule has 0 fully saturated rings. The maximum atomic E-state index is 8.97. The lowest BCUT2D eigenvalue weighted by Crippen LogP contribution is -2.17. The molecule has 1 rings (SSSR count). The van der Waals surface area contributed by atoms with E-state index in [2.05, 4.69) is 25.0 Å². The van der Waals surface area contributed by atoms with Gasteiger partial charge in [0.15, 0.2) is 0 Å². The smallest absolute Gasteiger partial charge is 0.126 e. The third-order valence-electron chi connectivity index (χ3n) is 2.10. The molecule has 14 heavy (non-hydrogen) atoms. The molecule has 0 bridgehead atoms. The lowest BCUT2D eigenvalue weighted by molar-refractivity contribution is 0.358. The van der Waals surface area contributed by atoms with Gasteiger partial charge in [-0.1, -0.05) is 0 Å². The zero-order chi connectivity index (χ0) is 10.7. The molecule has 0 spiro atoms. The Hall–Kier alpha value is -1.34. The lowest BCUT2D eigenvalue weighted by Gasteiger charge is -2.14. The molecule has 76 valence electrons. The summed E-state index contributed by atoms with van der Waals surface area (Å²) in [7, 11) is 3.78. The molecule has 4 nitrogen and oxygen atoms in total. The van der Waals surface area contributed by atoms with Gasteiger partial charge in [0, 0.05) is 17.8 Å². The van der Waals surface area contributed by atoms with Crippen molar-refractivity contribution in [2.75, 3.05) is 14.1 Å². The number of hydrogen-bond donors (Lipinski definition) is 0. The van der Waals surface area contributed by atoms with Crippen LogP contribution in [0.15, 0.2) is 12.4 Å². The van der Waals surface area contributed by atoms with Crippen LogP contribution >= 0.6 is 0 Å². The van der Waals surface area contributed by atoms with E-state index < -0.39 is 0 Å². The van der Waals surface area contributed by atoms with Gasteiger partial charge in [0.1, 0.15) is 6.04 Å². The van der Waals surface area contributed by atoms with Crippen molar-refractivity contribution in [3.05, 3.63) is 18.0 Å². The van der Waals surface area contributed by atoms with Crippen molar-refractivity contribution in [3.8, 4) is 6.07 Å². The third kappa shape index (κ3) is 2.12. The summed E-state index contributed by atoms with van der Waals surface area (Å²) < 4.78 is 1.86. The second kappa shape index (κ2) is 4.25. The van der Waals surface area contributed by atoms with Gasteiger partial charge in [-0.25, -0.2) is 0 Å². The minimum Gasteiger partial charge on any atom is -0.290 e. The molecule has 0 aliphatic rings. The molecular formula is C10H16N4. The zero-order valence-electron chi connectivity index (χ0n) is 9.10. The highest BCUT2D eigenvalue weighted by molar-refractivity contribution is 5.17. The van der Waals surface area contributed by atoms with Crippen molar-refractivity contribution in [3.63, 3.8) is 0 Å². The second-order valence-electron chi connectivity index (χ2n) is 3.84. The van der Waals surface area contributed by atoms with Gasteiger partial charge >= 0.3 is 0 Å². The van der Waals surface area contributed by atoms with Crippen LogP contribution in [0.25, 0.3) is 0 Å². The summed E-state index contributed by atoms with van der Waals surface area (Å²) >= 11 is 0. The molecular weight excluding hydrogens is 176 g/mol. The van der Waals surface area contributed by atoms with Crippen LogP contribution in [0.4, 0.5) is 0 Å². The maximum absolute atomic E-state index is 8.97. The molecule has 0 N–H and O–H groups in total. The normalized spacial score (nSPS) is 13.2. The zero-order valence-corrected chi connectivity index (χ0v) is 9.10. The van der Waals surface area contributed by atoms with E-state index in [1.54, 1.807) is 6.20 Å². The minimum absolute atomic E-state index is 0.206. The molecule has 0 saturated carbocycles. The fourth-order valence-corrected chi connectivity index (χ4v) is 1.26. The topological polar surface area (TPSA) is 44.9 Å². The van der Waals surface area contributed by atoms with E-state index in [1.165, 1.54) is 0 Å². The van der Waals surface area contributed by atoms with Gasteiger partial charge in [0.25, 0.3) is 0 Å². The van der Waals surface area contributed by atoms with Gasteiger partial charge in [-0.3, -0.25) is 9.58 Å². The third-order valence-corrected chi connectivity index (χ3v) is 2.10. The van der Waals surface area contributed by atoms with E-state index in [1.807, 2.05) is 29.9 Å². The molecule has 0 aromatic carbocycles. The summed E-state index contributed by atoms with van der Waals surface area (Å²) in [6.07, 6.45) is 3.69. The number of aromatic nitrogens is 2. The van der Waals surface area contributed by atoms with Crippen molar-refractivity contribution in [1.29, 1.82) is 5.26 Å². The first-order valence-electron chi connectivity index (χ1n) is 4.66. The Bertz CT molecular complexity index is 332. The summed E-state index contributed by atoms with van der Waals surface area (Å²) in [5.74, 6) is 0. The Morgan fingerprint density at radius 2 is 2.14 bits per heavy atom. The molecule has 0 saturated heterocycles. The fourth-order valence-electron chi connectivity index (χ4n) is 1.26. The highest BCUT2D eigenvalue weighted by Gasteiger charge is 2.15. The first kappa shape index (κ1) is 10.7. The van der Waals surface area contributed by atoms with Crippen molar-refractivity contribution in [2.24, 2.45) is 0 Å². The van der Waals surface area contributed by atoms with Gasteiger partial charge in [0.05, 0.1) is 12.3 Å². The lowest BCUT2D eigenvalue weighted by atomic mass is 10.2. The molecule has 1 aromatic heterocycles. The van der Waals surface area contributed by atoms with E-state index in [0.29, 0.717) is 6.04 Å². The molecule has 4 heteroatoms. The Morgan fingerprint density at radius 1 is 1.50 bits per heavy atom. The van der Waals surface area contributed by atoms with E-state index in [9.17, 15) is 0 Å². The van der Waals surface area contributed by atoms with E-state index in [0.717, 1.165) is 5.56 Å². The average Bonchev–Trinajstić information content (AvgIpc) is 2.53. The maximum Gasteiger partial charge on any atom is 0.126 e.